The molecule has 0 aromatic carbocycles. The van der Waals surface area contributed by atoms with Gasteiger partial charge >= 0.3 is 13.5 Å². The van der Waals surface area contributed by atoms with Crippen molar-refractivity contribution in [3.63, 3.8) is 0 Å². The summed E-state index contributed by atoms with van der Waals surface area (Å²) in [4.78, 5) is 24.5. The lowest BCUT2D eigenvalue weighted by molar-refractivity contribution is -0.0703. The van der Waals surface area contributed by atoms with E-state index in [0.717, 1.165) is 10.8 Å². The summed E-state index contributed by atoms with van der Waals surface area (Å²) in [7, 11) is -2.42. The van der Waals surface area contributed by atoms with E-state index in [4.69, 9.17) is 13.8 Å². The maximum atomic E-state index is 13.3. The van der Waals surface area contributed by atoms with Gasteiger partial charge in [0.1, 0.15) is 18.4 Å². The maximum absolute atomic E-state index is 13.3. The SMILES string of the molecule is CO[P@]1(=O)OC[C@H]2O[C@@H](n3cc(F)c(=O)[nH]c3=O)C[C@@H]2O1. The highest BCUT2D eigenvalue weighted by atomic mass is 31.2. The summed E-state index contributed by atoms with van der Waals surface area (Å²) in [5, 5.41) is 0. The van der Waals surface area contributed by atoms with Crippen molar-refractivity contribution >= 4 is 7.82 Å². The second-order valence-corrected chi connectivity index (χ2v) is 6.31. The first-order valence-corrected chi connectivity index (χ1v) is 7.53. The van der Waals surface area contributed by atoms with Gasteiger partial charge in [-0.2, -0.15) is 4.39 Å². The molecule has 2 fully saturated rings. The molecule has 0 bridgehead atoms. The van der Waals surface area contributed by atoms with Crippen molar-refractivity contribution in [2.45, 2.75) is 24.9 Å². The third-order valence-electron chi connectivity index (χ3n) is 3.30. The molecule has 4 atom stereocenters. The fourth-order valence-corrected chi connectivity index (χ4v) is 3.40. The number of nitrogens with zero attached hydrogens (tertiary/aromatic N) is 1. The number of fused-ring (bicyclic) bond motifs is 1. The largest absolute Gasteiger partial charge is 0.474 e. The summed E-state index contributed by atoms with van der Waals surface area (Å²) in [5.41, 5.74) is -1.91. The van der Waals surface area contributed by atoms with Gasteiger partial charge in [-0.25, -0.2) is 9.36 Å². The Morgan fingerprint density at radius 2 is 2.24 bits per heavy atom. The van der Waals surface area contributed by atoms with Crippen LogP contribution in [-0.4, -0.2) is 35.5 Å². The van der Waals surface area contributed by atoms with Crippen LogP contribution < -0.4 is 11.2 Å². The number of phosphoric acid groups is 1. The summed E-state index contributed by atoms with van der Waals surface area (Å²) in [6, 6.07) is 0. The molecule has 0 saturated carbocycles. The first-order chi connectivity index (χ1) is 9.92. The summed E-state index contributed by atoms with van der Waals surface area (Å²) < 4.78 is 46.4. The van der Waals surface area contributed by atoms with Crippen LogP contribution in [0.5, 0.6) is 0 Å². The van der Waals surface area contributed by atoms with Crippen LogP contribution in [0.25, 0.3) is 0 Å². The van der Waals surface area contributed by atoms with Crippen molar-refractivity contribution in [1.82, 2.24) is 9.55 Å². The molecule has 0 radical (unpaired) electrons. The number of hydrogen-bond acceptors (Lipinski definition) is 7. The van der Waals surface area contributed by atoms with E-state index in [-0.39, 0.29) is 13.0 Å². The molecule has 0 spiro atoms. The first kappa shape index (κ1) is 14.6. The van der Waals surface area contributed by atoms with Gasteiger partial charge in [0.25, 0.3) is 5.56 Å². The molecule has 11 heteroatoms. The third kappa shape index (κ3) is 2.60. The van der Waals surface area contributed by atoms with Gasteiger partial charge in [0.15, 0.2) is 0 Å². The molecule has 2 saturated heterocycles. The Hall–Kier alpha value is -1.32. The average molecular weight is 322 g/mol. The van der Waals surface area contributed by atoms with Gasteiger partial charge in [0, 0.05) is 13.5 Å². The van der Waals surface area contributed by atoms with E-state index >= 15 is 0 Å². The Morgan fingerprint density at radius 1 is 1.48 bits per heavy atom. The molecule has 2 aliphatic heterocycles. The van der Waals surface area contributed by atoms with Gasteiger partial charge in [-0.3, -0.25) is 27.9 Å². The molecule has 1 aromatic heterocycles. The van der Waals surface area contributed by atoms with Crippen LogP contribution >= 0.6 is 7.82 Å². The van der Waals surface area contributed by atoms with E-state index in [1.807, 2.05) is 4.98 Å². The van der Waals surface area contributed by atoms with Crippen LogP contribution in [0.1, 0.15) is 12.6 Å². The molecule has 0 amide bonds. The van der Waals surface area contributed by atoms with Crippen LogP contribution in [0, 0.1) is 5.82 Å². The highest BCUT2D eigenvalue weighted by molar-refractivity contribution is 7.48. The number of aromatic amines is 1. The second-order valence-electron chi connectivity index (χ2n) is 4.58. The Morgan fingerprint density at radius 3 is 2.95 bits per heavy atom. The zero-order valence-electron chi connectivity index (χ0n) is 10.9. The van der Waals surface area contributed by atoms with E-state index in [1.165, 1.54) is 7.11 Å². The fourth-order valence-electron chi connectivity index (χ4n) is 2.26. The molecule has 1 N–H and O–H groups in total. The molecule has 116 valence electrons. The predicted molar refractivity (Wildman–Crippen MR) is 65.2 cm³/mol. The van der Waals surface area contributed by atoms with Crippen molar-refractivity contribution in [2.24, 2.45) is 0 Å². The molecule has 0 aliphatic carbocycles. The Bertz CT molecular complexity index is 716. The molecule has 9 nitrogen and oxygen atoms in total. The number of rotatable bonds is 2. The van der Waals surface area contributed by atoms with Crippen LogP contribution in [0.3, 0.4) is 0 Å². The fraction of sp³-hybridized carbons (Fsp3) is 0.600. The standard InChI is InChI=1S/C10H12FN2O7P/c1-17-21(16)18-4-7-6(20-21)2-8(19-7)13-3-5(11)9(14)12-10(13)15/h3,6-8H,2,4H2,1H3,(H,12,14,15)/t6-,7+,8+,21+/m0/s1. The van der Waals surface area contributed by atoms with Crippen LogP contribution in [0.15, 0.2) is 15.8 Å². The third-order valence-corrected chi connectivity index (χ3v) is 4.74. The van der Waals surface area contributed by atoms with Gasteiger partial charge < -0.3 is 4.74 Å². The number of ether oxygens (including phenoxy) is 1. The highest BCUT2D eigenvalue weighted by Gasteiger charge is 2.47. The van der Waals surface area contributed by atoms with E-state index in [0.29, 0.717) is 0 Å². The number of nitrogens with one attached hydrogen (secondary N) is 1. The topological polar surface area (TPSA) is 109 Å². The number of H-pyrrole nitrogens is 1. The first-order valence-electron chi connectivity index (χ1n) is 6.07. The lowest BCUT2D eigenvalue weighted by Gasteiger charge is -2.28. The summed E-state index contributed by atoms with van der Waals surface area (Å²) in [6.45, 7) is -0.0349. The maximum Gasteiger partial charge on any atom is 0.474 e. The van der Waals surface area contributed by atoms with Gasteiger partial charge in [0.05, 0.1) is 12.8 Å². The monoisotopic (exact) mass is 322 g/mol. The molecule has 1 aromatic rings. The van der Waals surface area contributed by atoms with Crippen molar-refractivity contribution < 1.29 is 27.3 Å². The predicted octanol–water partition coefficient (Wildman–Crippen LogP) is 0.133. The summed E-state index contributed by atoms with van der Waals surface area (Å²) in [5.74, 6) is -1.10. The van der Waals surface area contributed by atoms with Crippen molar-refractivity contribution in [1.29, 1.82) is 0 Å². The minimum atomic E-state index is -3.61. The summed E-state index contributed by atoms with van der Waals surface area (Å²) >= 11 is 0. The number of halogens is 1. The van der Waals surface area contributed by atoms with Crippen molar-refractivity contribution in [3.05, 3.63) is 32.9 Å². The smallest absolute Gasteiger partial charge is 0.349 e. The average Bonchev–Trinajstić information content (AvgIpc) is 2.85. The van der Waals surface area contributed by atoms with Crippen molar-refractivity contribution in [2.75, 3.05) is 13.7 Å². The summed E-state index contributed by atoms with van der Waals surface area (Å²) in [6.07, 6.45) is -1.12. The lowest BCUT2D eigenvalue weighted by atomic mass is 10.2. The molecular weight excluding hydrogens is 310 g/mol. The quantitative estimate of drug-likeness (QED) is 0.771. The molecule has 2 aliphatic rings. The number of aromatic nitrogens is 2. The normalized spacial score (nSPS) is 35.6. The van der Waals surface area contributed by atoms with Crippen LogP contribution in [0.4, 0.5) is 4.39 Å². The molecule has 3 rings (SSSR count). The van der Waals surface area contributed by atoms with Gasteiger partial charge in [0.2, 0.25) is 5.82 Å². The minimum Gasteiger partial charge on any atom is -0.349 e. The highest BCUT2D eigenvalue weighted by Crippen LogP contribution is 2.55. The van der Waals surface area contributed by atoms with Gasteiger partial charge in [-0.15, -0.1) is 0 Å². The van der Waals surface area contributed by atoms with E-state index < -0.39 is 43.3 Å². The van der Waals surface area contributed by atoms with Crippen LogP contribution in [-0.2, 0) is 22.9 Å². The van der Waals surface area contributed by atoms with E-state index in [2.05, 4.69) is 4.52 Å². The Labute approximate surface area is 117 Å². The zero-order valence-corrected chi connectivity index (χ0v) is 11.7. The van der Waals surface area contributed by atoms with E-state index in [9.17, 15) is 18.5 Å². The second kappa shape index (κ2) is 5.15. The molecule has 3 heterocycles. The number of phosphoric ester groups is 1. The molecule has 21 heavy (non-hydrogen) atoms. The van der Waals surface area contributed by atoms with Crippen molar-refractivity contribution in [3.8, 4) is 0 Å². The Kier molecular flexibility index (Phi) is 3.58. The molecular formula is C10H12FN2O7P. The lowest BCUT2D eigenvalue weighted by Crippen LogP contribution is -2.34. The van der Waals surface area contributed by atoms with Gasteiger partial charge in [-0.05, 0) is 0 Å². The van der Waals surface area contributed by atoms with Crippen LogP contribution in [0.2, 0.25) is 0 Å². The minimum absolute atomic E-state index is 0.0349. The number of hydrogen-bond donors (Lipinski definition) is 1. The molecule has 0 unspecified atom stereocenters. The zero-order chi connectivity index (χ0) is 15.2. The Balaban J connectivity index is 1.85. The van der Waals surface area contributed by atoms with Gasteiger partial charge in [-0.1, -0.05) is 0 Å². The van der Waals surface area contributed by atoms with E-state index in [1.54, 1.807) is 0 Å².